The van der Waals surface area contributed by atoms with Crippen molar-refractivity contribution in [3.05, 3.63) is 27.4 Å². The number of hydrogen-bond donors (Lipinski definition) is 1. The molecule has 0 aliphatic carbocycles. The third kappa shape index (κ3) is 4.09. The fourth-order valence-corrected chi connectivity index (χ4v) is 4.38. The minimum atomic E-state index is -3.86. The Balaban J connectivity index is 0.00000220. The number of rotatable bonds is 3. The summed E-state index contributed by atoms with van der Waals surface area (Å²) in [6.07, 6.45) is 1.66. The summed E-state index contributed by atoms with van der Waals surface area (Å²) in [5.74, 6) is -0.798. The number of benzene rings is 1. The Kier molecular flexibility index (Phi) is 6.89. The third-order valence-corrected chi connectivity index (χ3v) is 6.46. The van der Waals surface area contributed by atoms with Gasteiger partial charge in [0.1, 0.15) is 10.7 Å². The lowest BCUT2D eigenvalue weighted by atomic mass is 10.1. The Morgan fingerprint density at radius 3 is 2.76 bits per heavy atom. The summed E-state index contributed by atoms with van der Waals surface area (Å²) >= 11 is 8.95. The molecule has 1 aromatic carbocycles. The van der Waals surface area contributed by atoms with E-state index in [4.69, 9.17) is 11.6 Å². The van der Waals surface area contributed by atoms with Crippen LogP contribution in [0.25, 0.3) is 0 Å². The average Bonchev–Trinajstić information content (AvgIpc) is 2.42. The maximum absolute atomic E-state index is 13.9. The van der Waals surface area contributed by atoms with Crippen LogP contribution >= 0.6 is 39.9 Å². The molecule has 0 saturated carbocycles. The Labute approximate surface area is 143 Å². The molecule has 1 heterocycles. The molecule has 0 bridgehead atoms. The van der Waals surface area contributed by atoms with Gasteiger partial charge in [-0.25, -0.2) is 12.8 Å². The Morgan fingerprint density at radius 1 is 1.48 bits per heavy atom. The second kappa shape index (κ2) is 7.57. The summed E-state index contributed by atoms with van der Waals surface area (Å²) in [6, 6.07) is 2.32. The molecule has 9 heteroatoms. The zero-order valence-electron chi connectivity index (χ0n) is 11.3. The van der Waals surface area contributed by atoms with E-state index >= 15 is 0 Å². The van der Waals surface area contributed by atoms with Crippen LogP contribution in [-0.4, -0.2) is 38.9 Å². The first-order valence-corrected chi connectivity index (χ1v) is 8.79. The van der Waals surface area contributed by atoms with Crippen molar-refractivity contribution in [1.82, 2.24) is 9.62 Å². The number of halogens is 4. The molecular formula is C12H16BrCl2FN2O2S. The minimum absolute atomic E-state index is 0. The standard InChI is InChI=1S/C12H15BrClFN2O2S.ClH/c1-16-8-3-2-4-17(7-8)20(18,19)12-6-10(14)9(13)5-11(12)15;/h5-6,8,16H,2-4,7H2,1H3;1H. The van der Waals surface area contributed by atoms with E-state index in [1.54, 1.807) is 7.05 Å². The van der Waals surface area contributed by atoms with Crippen molar-refractivity contribution in [3.63, 3.8) is 0 Å². The Hall–Kier alpha value is 0.0800. The van der Waals surface area contributed by atoms with Gasteiger partial charge in [0.05, 0.1) is 5.02 Å². The van der Waals surface area contributed by atoms with Crippen LogP contribution in [0.3, 0.4) is 0 Å². The van der Waals surface area contributed by atoms with Crippen molar-refractivity contribution in [2.75, 3.05) is 20.1 Å². The molecule has 0 amide bonds. The van der Waals surface area contributed by atoms with Crippen molar-refractivity contribution in [2.24, 2.45) is 0 Å². The van der Waals surface area contributed by atoms with E-state index in [0.717, 1.165) is 25.0 Å². The molecular weight excluding hydrogens is 406 g/mol. The van der Waals surface area contributed by atoms with E-state index in [9.17, 15) is 12.8 Å². The second-order valence-corrected chi connectivity index (χ2v) is 7.86. The van der Waals surface area contributed by atoms with Crippen molar-refractivity contribution in [1.29, 1.82) is 0 Å². The molecule has 1 aliphatic heterocycles. The maximum atomic E-state index is 13.9. The largest absolute Gasteiger partial charge is 0.316 e. The SMILES string of the molecule is CNC1CCCN(S(=O)(=O)c2cc(Cl)c(Br)cc2F)C1.Cl. The molecule has 1 aliphatic rings. The lowest BCUT2D eigenvalue weighted by Crippen LogP contribution is -2.47. The normalized spacial score (nSPS) is 20.1. The van der Waals surface area contributed by atoms with Crippen molar-refractivity contribution in [2.45, 2.75) is 23.8 Å². The molecule has 1 N–H and O–H groups in total. The number of sulfonamides is 1. The highest BCUT2D eigenvalue weighted by atomic mass is 79.9. The van der Waals surface area contributed by atoms with Crippen LogP contribution in [0.5, 0.6) is 0 Å². The van der Waals surface area contributed by atoms with Gasteiger partial charge in [0.15, 0.2) is 0 Å². The highest BCUT2D eigenvalue weighted by Gasteiger charge is 2.32. The molecule has 1 aromatic rings. The van der Waals surface area contributed by atoms with E-state index in [2.05, 4.69) is 21.2 Å². The molecule has 1 saturated heterocycles. The monoisotopic (exact) mass is 420 g/mol. The zero-order chi connectivity index (χ0) is 14.9. The van der Waals surface area contributed by atoms with Crippen LogP contribution in [0.2, 0.25) is 5.02 Å². The number of nitrogens with one attached hydrogen (secondary N) is 1. The Bertz CT molecular complexity index is 616. The molecule has 21 heavy (non-hydrogen) atoms. The zero-order valence-corrected chi connectivity index (χ0v) is 15.2. The van der Waals surface area contributed by atoms with Gasteiger partial charge in [-0.15, -0.1) is 12.4 Å². The molecule has 1 atom stereocenters. The molecule has 0 spiro atoms. The summed E-state index contributed by atoms with van der Waals surface area (Å²) in [6.45, 7) is 0.736. The van der Waals surface area contributed by atoms with Gasteiger partial charge in [0, 0.05) is 23.6 Å². The fourth-order valence-electron chi connectivity index (χ4n) is 2.24. The highest BCUT2D eigenvalue weighted by molar-refractivity contribution is 9.10. The first-order chi connectivity index (χ1) is 9.36. The first kappa shape index (κ1) is 19.1. The van der Waals surface area contributed by atoms with Crippen LogP contribution in [-0.2, 0) is 10.0 Å². The summed E-state index contributed by atoms with van der Waals surface area (Å²) in [4.78, 5) is -0.373. The average molecular weight is 422 g/mol. The smallest absolute Gasteiger partial charge is 0.246 e. The van der Waals surface area contributed by atoms with Crippen molar-refractivity contribution >= 4 is 50.0 Å². The molecule has 4 nitrogen and oxygen atoms in total. The van der Waals surface area contributed by atoms with Gasteiger partial charge in [-0.2, -0.15) is 4.31 Å². The van der Waals surface area contributed by atoms with Gasteiger partial charge < -0.3 is 5.32 Å². The van der Waals surface area contributed by atoms with Gasteiger partial charge in [0.25, 0.3) is 0 Å². The minimum Gasteiger partial charge on any atom is -0.316 e. The number of hydrogen-bond acceptors (Lipinski definition) is 3. The number of nitrogens with zero attached hydrogens (tertiary/aromatic N) is 1. The molecule has 120 valence electrons. The molecule has 0 aromatic heterocycles. The van der Waals surface area contributed by atoms with E-state index in [1.807, 2.05) is 0 Å². The molecule has 1 fully saturated rings. The fraction of sp³-hybridized carbons (Fsp3) is 0.500. The van der Waals surface area contributed by atoms with E-state index in [-0.39, 0.29) is 28.4 Å². The predicted octanol–water partition coefficient (Wildman–Crippen LogP) is 3.04. The van der Waals surface area contributed by atoms with Crippen LogP contribution < -0.4 is 5.32 Å². The van der Waals surface area contributed by atoms with Crippen LogP contribution in [0.4, 0.5) is 4.39 Å². The lowest BCUT2D eigenvalue weighted by molar-refractivity contribution is 0.292. The maximum Gasteiger partial charge on any atom is 0.246 e. The van der Waals surface area contributed by atoms with Crippen molar-refractivity contribution in [3.8, 4) is 0 Å². The molecule has 2 rings (SSSR count). The highest BCUT2D eigenvalue weighted by Crippen LogP contribution is 2.30. The Morgan fingerprint density at radius 2 is 2.14 bits per heavy atom. The first-order valence-electron chi connectivity index (χ1n) is 6.18. The molecule has 1 unspecified atom stereocenters. The van der Waals surface area contributed by atoms with Crippen LogP contribution in [0.1, 0.15) is 12.8 Å². The van der Waals surface area contributed by atoms with Gasteiger partial charge in [-0.05, 0) is 48.0 Å². The third-order valence-electron chi connectivity index (χ3n) is 3.39. The summed E-state index contributed by atoms with van der Waals surface area (Å²) in [5.41, 5.74) is 0. The molecule has 0 radical (unpaired) electrons. The quantitative estimate of drug-likeness (QED) is 0.763. The number of likely N-dealkylation sites (N-methyl/N-ethyl adjacent to an activating group) is 1. The summed E-state index contributed by atoms with van der Waals surface area (Å²) < 4.78 is 40.6. The van der Waals surface area contributed by atoms with E-state index in [0.29, 0.717) is 17.6 Å². The van der Waals surface area contributed by atoms with Gasteiger partial charge in [0.2, 0.25) is 10.0 Å². The summed E-state index contributed by atoms with van der Waals surface area (Å²) in [7, 11) is -2.07. The number of piperidine rings is 1. The lowest BCUT2D eigenvalue weighted by Gasteiger charge is -2.31. The predicted molar refractivity (Wildman–Crippen MR) is 87.2 cm³/mol. The summed E-state index contributed by atoms with van der Waals surface area (Å²) in [5, 5.41) is 3.23. The van der Waals surface area contributed by atoms with E-state index < -0.39 is 15.8 Å². The van der Waals surface area contributed by atoms with Gasteiger partial charge >= 0.3 is 0 Å². The van der Waals surface area contributed by atoms with Gasteiger partial charge in [-0.3, -0.25) is 0 Å². The van der Waals surface area contributed by atoms with Gasteiger partial charge in [-0.1, -0.05) is 11.6 Å². The second-order valence-electron chi connectivity index (χ2n) is 4.69. The topological polar surface area (TPSA) is 49.4 Å². The van der Waals surface area contributed by atoms with E-state index in [1.165, 1.54) is 4.31 Å². The van der Waals surface area contributed by atoms with Crippen LogP contribution in [0, 0.1) is 5.82 Å². The van der Waals surface area contributed by atoms with Crippen LogP contribution in [0.15, 0.2) is 21.5 Å². The van der Waals surface area contributed by atoms with Crippen molar-refractivity contribution < 1.29 is 12.8 Å².